The lowest BCUT2D eigenvalue weighted by molar-refractivity contribution is 0.163. The van der Waals surface area contributed by atoms with Gasteiger partial charge in [0.25, 0.3) is 0 Å². The highest BCUT2D eigenvalue weighted by atomic mass is 19.0. The summed E-state index contributed by atoms with van der Waals surface area (Å²) in [6, 6.07) is 0. The molecular weight excluding hydrogens is 171 g/mol. The molecule has 0 fully saturated rings. The molecule has 0 unspecified atom stereocenters. The molecule has 0 atom stereocenters. The fourth-order valence-corrected chi connectivity index (χ4v) is 0.289. The Labute approximate surface area is 62.7 Å². The van der Waals surface area contributed by atoms with E-state index in [1.165, 1.54) is 21.3 Å². The monoisotopic (exact) mass is 184 g/mol. The Morgan fingerprint density at radius 1 is 0.636 bits per heavy atom. The first-order chi connectivity index (χ1) is 3.35. The van der Waals surface area contributed by atoms with Gasteiger partial charge in [0.1, 0.15) is 0 Å². The molecule has 74 valence electrons. The van der Waals surface area contributed by atoms with E-state index >= 15 is 0 Å². The van der Waals surface area contributed by atoms with E-state index in [0.717, 1.165) is 0 Å². The van der Waals surface area contributed by atoms with Gasteiger partial charge >= 0.3 is 7.32 Å². The van der Waals surface area contributed by atoms with E-state index in [9.17, 15) is 0 Å². The summed E-state index contributed by atoms with van der Waals surface area (Å²) in [7, 11) is 4.02. The summed E-state index contributed by atoms with van der Waals surface area (Å²) < 4.78 is 13.8. The maximum Gasteiger partial charge on any atom is 0.638 e. The van der Waals surface area contributed by atoms with Crippen LogP contribution in [-0.4, -0.2) is 28.7 Å². The Morgan fingerprint density at radius 3 is 0.818 bits per heavy atom. The van der Waals surface area contributed by atoms with Gasteiger partial charge in [-0.2, -0.15) is 0 Å². The highest BCUT2D eigenvalue weighted by Crippen LogP contribution is 1.81. The lowest BCUT2D eigenvalue weighted by Crippen LogP contribution is -2.21. The van der Waals surface area contributed by atoms with E-state index < -0.39 is 7.32 Å². The third-order valence-corrected chi connectivity index (χ3v) is 0.577. The zero-order valence-corrected chi connectivity index (χ0v) is 6.44. The van der Waals surface area contributed by atoms with Gasteiger partial charge in [0.05, 0.1) is 0 Å². The molecule has 0 N–H and O–H groups in total. The third kappa shape index (κ3) is 17.7. The quantitative estimate of drug-likeness (QED) is 0.472. The van der Waals surface area contributed by atoms with Gasteiger partial charge < -0.3 is 14.0 Å². The van der Waals surface area contributed by atoms with Crippen LogP contribution < -0.4 is 0 Å². The highest BCUT2D eigenvalue weighted by molar-refractivity contribution is 6.36. The summed E-state index contributed by atoms with van der Waals surface area (Å²) in [5.74, 6) is 0. The molecule has 0 aliphatic carbocycles. The average Bonchev–Trinajstić information content (AvgIpc) is 1.72. The normalized spacial score (nSPS) is 5.73. The Hall–Kier alpha value is -0.335. The Balaban J connectivity index is -0.0000000300. The van der Waals surface area contributed by atoms with E-state index in [1.807, 2.05) is 0 Å². The second kappa shape index (κ2) is 22.6. The Bertz CT molecular complexity index is 42.1. The lowest BCUT2D eigenvalue weighted by Gasteiger charge is -2.01. The van der Waals surface area contributed by atoms with Crippen LogP contribution in [0, 0.1) is 0 Å². The van der Waals surface area contributed by atoms with Crippen molar-refractivity contribution in [3.8, 4) is 0 Å². The molecule has 0 aromatic carbocycles. The molecule has 0 aliphatic heterocycles. The van der Waals surface area contributed by atoms with E-state index in [-0.39, 0.29) is 18.8 Å². The average molecular weight is 184 g/mol. The minimum Gasteiger partial charge on any atom is -0.389 e. The predicted molar refractivity (Wildman–Crippen MR) is 36.8 cm³/mol. The van der Waals surface area contributed by atoms with Crippen LogP contribution >= 0.6 is 0 Å². The SMILES string of the molecule is COB(OC)OC.F.F.F.F. The van der Waals surface area contributed by atoms with Gasteiger partial charge in [-0.05, 0) is 0 Å². The fraction of sp³-hybridized carbons (Fsp3) is 1.00. The van der Waals surface area contributed by atoms with Crippen LogP contribution in [0.3, 0.4) is 0 Å². The van der Waals surface area contributed by atoms with Crippen LogP contribution in [0.5, 0.6) is 0 Å². The summed E-state index contributed by atoms with van der Waals surface area (Å²) in [5.41, 5.74) is 0. The van der Waals surface area contributed by atoms with E-state index in [2.05, 4.69) is 14.0 Å². The molecule has 0 saturated carbocycles. The molecule has 0 heterocycles. The molecule has 3 nitrogen and oxygen atoms in total. The van der Waals surface area contributed by atoms with Crippen LogP contribution in [0.2, 0.25) is 0 Å². The number of halogens is 4. The van der Waals surface area contributed by atoms with Crippen molar-refractivity contribution >= 4 is 7.32 Å². The molecule has 0 saturated heterocycles. The summed E-state index contributed by atoms with van der Waals surface area (Å²) >= 11 is 0. The van der Waals surface area contributed by atoms with Crippen molar-refractivity contribution in [3.05, 3.63) is 0 Å². The molecule has 0 aromatic rings. The molecule has 0 aromatic heterocycles. The first-order valence-corrected chi connectivity index (χ1v) is 1.93. The highest BCUT2D eigenvalue weighted by Gasteiger charge is 2.12. The second-order valence-electron chi connectivity index (χ2n) is 0.996. The van der Waals surface area contributed by atoms with Crippen molar-refractivity contribution < 1.29 is 32.8 Å². The van der Waals surface area contributed by atoms with E-state index in [1.54, 1.807) is 0 Å². The van der Waals surface area contributed by atoms with Crippen LogP contribution in [0.15, 0.2) is 0 Å². The zero-order valence-electron chi connectivity index (χ0n) is 6.44. The zero-order chi connectivity index (χ0) is 5.70. The first kappa shape index (κ1) is 31.0. The van der Waals surface area contributed by atoms with Crippen molar-refractivity contribution in [2.45, 2.75) is 0 Å². The Kier molecular flexibility index (Phi) is 63.8. The van der Waals surface area contributed by atoms with Gasteiger partial charge in [-0.15, -0.1) is 0 Å². The van der Waals surface area contributed by atoms with Crippen LogP contribution in [0.1, 0.15) is 0 Å². The molecule has 11 heavy (non-hydrogen) atoms. The standard InChI is InChI=1S/C3H9BO3.4FH/c1-5-4(6-2)7-3;;;;/h1-3H3;4*1H. The van der Waals surface area contributed by atoms with Gasteiger partial charge in [-0.25, -0.2) is 0 Å². The fourth-order valence-electron chi connectivity index (χ4n) is 0.289. The minimum absolute atomic E-state index is 0. The van der Waals surface area contributed by atoms with Crippen LogP contribution in [0.25, 0.3) is 0 Å². The Morgan fingerprint density at radius 2 is 0.818 bits per heavy atom. The third-order valence-electron chi connectivity index (χ3n) is 0.577. The summed E-state index contributed by atoms with van der Waals surface area (Å²) in [6.45, 7) is 0. The number of rotatable bonds is 3. The van der Waals surface area contributed by atoms with E-state index in [0.29, 0.717) is 0 Å². The summed E-state index contributed by atoms with van der Waals surface area (Å²) in [5, 5.41) is 0. The topological polar surface area (TPSA) is 27.7 Å². The lowest BCUT2D eigenvalue weighted by atomic mass is 10.2. The van der Waals surface area contributed by atoms with E-state index in [4.69, 9.17) is 0 Å². The second-order valence-corrected chi connectivity index (χ2v) is 0.996. The first-order valence-electron chi connectivity index (χ1n) is 1.93. The van der Waals surface area contributed by atoms with Crippen molar-refractivity contribution in [2.75, 3.05) is 21.3 Å². The molecule has 0 spiro atoms. The van der Waals surface area contributed by atoms with Gasteiger partial charge in [-0.3, -0.25) is 18.8 Å². The molecular formula is C3H13BF4O3. The van der Waals surface area contributed by atoms with Gasteiger partial charge in [0, 0.05) is 21.3 Å². The largest absolute Gasteiger partial charge is 0.638 e. The van der Waals surface area contributed by atoms with Crippen LogP contribution in [-0.2, 0) is 14.0 Å². The molecule has 0 aliphatic rings. The minimum atomic E-state index is -0.514. The summed E-state index contributed by atoms with van der Waals surface area (Å²) in [6.07, 6.45) is 0. The van der Waals surface area contributed by atoms with Gasteiger partial charge in [0.15, 0.2) is 0 Å². The maximum absolute atomic E-state index is 4.60. The van der Waals surface area contributed by atoms with Gasteiger partial charge in [0.2, 0.25) is 0 Å². The van der Waals surface area contributed by atoms with Crippen molar-refractivity contribution in [2.24, 2.45) is 0 Å². The maximum atomic E-state index is 4.60. The van der Waals surface area contributed by atoms with Crippen molar-refractivity contribution in [1.82, 2.24) is 0 Å². The number of hydrogen-bond donors (Lipinski definition) is 0. The summed E-state index contributed by atoms with van der Waals surface area (Å²) in [4.78, 5) is 0. The smallest absolute Gasteiger partial charge is 0.389 e. The van der Waals surface area contributed by atoms with Gasteiger partial charge in [-0.1, -0.05) is 0 Å². The molecule has 0 bridgehead atoms. The van der Waals surface area contributed by atoms with Crippen molar-refractivity contribution in [1.29, 1.82) is 0 Å². The van der Waals surface area contributed by atoms with Crippen molar-refractivity contribution in [3.63, 3.8) is 0 Å². The van der Waals surface area contributed by atoms with Crippen LogP contribution in [0.4, 0.5) is 18.8 Å². The predicted octanol–water partition coefficient (Wildman–Crippen LogP) is 0.520. The molecule has 0 radical (unpaired) electrons. The molecule has 8 heteroatoms. The molecule has 0 amide bonds. The number of hydrogen-bond acceptors (Lipinski definition) is 3. The molecule has 0 rings (SSSR count).